The van der Waals surface area contributed by atoms with E-state index < -0.39 is 5.97 Å². The van der Waals surface area contributed by atoms with E-state index in [2.05, 4.69) is 29.1 Å². The summed E-state index contributed by atoms with van der Waals surface area (Å²) in [6.45, 7) is 7.07. The molecule has 0 saturated carbocycles. The molecule has 2 aromatic rings. The van der Waals surface area contributed by atoms with Crippen molar-refractivity contribution in [1.29, 1.82) is 0 Å². The number of ether oxygens (including phenoxy) is 1. The Morgan fingerprint density at radius 3 is 2.76 bits per heavy atom. The van der Waals surface area contributed by atoms with E-state index in [0.29, 0.717) is 24.8 Å². The van der Waals surface area contributed by atoms with E-state index in [9.17, 15) is 4.79 Å². The molecule has 0 aromatic carbocycles. The Morgan fingerprint density at radius 1 is 1.43 bits per heavy atom. The number of imidazole rings is 1. The zero-order valence-corrected chi connectivity index (χ0v) is 12.9. The Labute approximate surface area is 123 Å². The van der Waals surface area contributed by atoms with E-state index in [1.807, 2.05) is 11.6 Å². The summed E-state index contributed by atoms with van der Waals surface area (Å²) < 4.78 is 8.65. The standard InChI is InChI=1S/C14H21N5O2/c1-5-21-14(20)12-13(11-8-15-9-18(11)4)19(17-16-12)7-6-10(2)3/h8-10H,5-7H2,1-4H3. The molecule has 0 atom stereocenters. The third kappa shape index (κ3) is 3.29. The first-order valence-corrected chi connectivity index (χ1v) is 7.11. The number of rotatable bonds is 6. The van der Waals surface area contributed by atoms with Gasteiger partial charge in [-0.05, 0) is 19.3 Å². The normalized spacial score (nSPS) is 11.1. The van der Waals surface area contributed by atoms with Gasteiger partial charge in [-0.1, -0.05) is 19.1 Å². The summed E-state index contributed by atoms with van der Waals surface area (Å²) in [6.07, 6.45) is 4.34. The SMILES string of the molecule is CCOC(=O)c1nnn(CCC(C)C)c1-c1cncn1C. The van der Waals surface area contributed by atoms with Gasteiger partial charge in [0.05, 0.1) is 24.8 Å². The first-order valence-electron chi connectivity index (χ1n) is 7.11. The summed E-state index contributed by atoms with van der Waals surface area (Å²) in [7, 11) is 1.87. The van der Waals surface area contributed by atoms with Crippen molar-refractivity contribution in [2.75, 3.05) is 6.61 Å². The van der Waals surface area contributed by atoms with Crippen LogP contribution in [0.5, 0.6) is 0 Å². The molecule has 0 spiro atoms. The van der Waals surface area contributed by atoms with Crippen LogP contribution >= 0.6 is 0 Å². The Hall–Kier alpha value is -2.18. The lowest BCUT2D eigenvalue weighted by molar-refractivity contribution is 0.0520. The maximum atomic E-state index is 12.1. The van der Waals surface area contributed by atoms with Gasteiger partial charge in [-0.2, -0.15) is 0 Å². The van der Waals surface area contributed by atoms with E-state index >= 15 is 0 Å². The maximum absolute atomic E-state index is 12.1. The molecule has 0 aliphatic carbocycles. The van der Waals surface area contributed by atoms with E-state index in [0.717, 1.165) is 12.1 Å². The van der Waals surface area contributed by atoms with Crippen LogP contribution in [0.3, 0.4) is 0 Å². The van der Waals surface area contributed by atoms with Crippen LogP contribution in [0.2, 0.25) is 0 Å². The highest BCUT2D eigenvalue weighted by molar-refractivity contribution is 5.93. The molecular formula is C14H21N5O2. The van der Waals surface area contributed by atoms with Gasteiger partial charge in [0.2, 0.25) is 0 Å². The van der Waals surface area contributed by atoms with Crippen molar-refractivity contribution in [3.8, 4) is 11.4 Å². The average Bonchev–Trinajstić information content (AvgIpc) is 3.02. The molecule has 21 heavy (non-hydrogen) atoms. The van der Waals surface area contributed by atoms with Crippen LogP contribution < -0.4 is 0 Å². The van der Waals surface area contributed by atoms with Crippen molar-refractivity contribution < 1.29 is 9.53 Å². The van der Waals surface area contributed by atoms with Crippen molar-refractivity contribution >= 4 is 5.97 Å². The molecule has 0 aliphatic heterocycles. The summed E-state index contributed by atoms with van der Waals surface area (Å²) in [4.78, 5) is 16.2. The highest BCUT2D eigenvalue weighted by Gasteiger charge is 2.24. The van der Waals surface area contributed by atoms with Crippen LogP contribution in [-0.4, -0.2) is 37.1 Å². The van der Waals surface area contributed by atoms with Crippen molar-refractivity contribution in [3.63, 3.8) is 0 Å². The molecule has 0 bridgehead atoms. The molecule has 7 nitrogen and oxygen atoms in total. The fraction of sp³-hybridized carbons (Fsp3) is 0.571. The zero-order chi connectivity index (χ0) is 15.4. The van der Waals surface area contributed by atoms with Crippen LogP contribution in [0.25, 0.3) is 11.4 Å². The molecular weight excluding hydrogens is 270 g/mol. The molecule has 0 unspecified atom stereocenters. The van der Waals surface area contributed by atoms with Crippen molar-refractivity contribution in [2.24, 2.45) is 13.0 Å². The van der Waals surface area contributed by atoms with Gasteiger partial charge in [0, 0.05) is 13.6 Å². The number of hydrogen-bond donors (Lipinski definition) is 0. The monoisotopic (exact) mass is 291 g/mol. The number of hydrogen-bond acceptors (Lipinski definition) is 5. The molecule has 0 amide bonds. The summed E-state index contributed by atoms with van der Waals surface area (Å²) >= 11 is 0. The van der Waals surface area contributed by atoms with Gasteiger partial charge in [-0.3, -0.25) is 0 Å². The number of carbonyl (C=O) groups is 1. The quantitative estimate of drug-likeness (QED) is 0.760. The van der Waals surface area contributed by atoms with Crippen LogP contribution in [0.4, 0.5) is 0 Å². The maximum Gasteiger partial charge on any atom is 0.361 e. The number of carbonyl (C=O) groups excluding carboxylic acids is 1. The zero-order valence-electron chi connectivity index (χ0n) is 12.9. The highest BCUT2D eigenvalue weighted by atomic mass is 16.5. The first-order chi connectivity index (χ1) is 10.0. The Bertz CT molecular complexity index is 615. The topological polar surface area (TPSA) is 74.8 Å². The van der Waals surface area contributed by atoms with Gasteiger partial charge in [0.15, 0.2) is 5.69 Å². The largest absolute Gasteiger partial charge is 0.461 e. The van der Waals surface area contributed by atoms with Crippen LogP contribution in [0, 0.1) is 5.92 Å². The second kappa shape index (κ2) is 6.51. The average molecular weight is 291 g/mol. The molecule has 0 fully saturated rings. The molecule has 0 radical (unpaired) electrons. The second-order valence-corrected chi connectivity index (χ2v) is 5.30. The minimum atomic E-state index is -0.454. The predicted molar refractivity (Wildman–Crippen MR) is 77.6 cm³/mol. The minimum Gasteiger partial charge on any atom is -0.461 e. The summed E-state index contributed by atoms with van der Waals surface area (Å²) in [5.74, 6) is 0.0872. The van der Waals surface area contributed by atoms with E-state index in [1.165, 1.54) is 0 Å². The molecule has 2 aromatic heterocycles. The first kappa shape index (κ1) is 15.2. The lowest BCUT2D eigenvalue weighted by atomic mass is 10.1. The summed E-state index contributed by atoms with van der Waals surface area (Å²) in [6, 6.07) is 0. The molecule has 2 rings (SSSR count). The van der Waals surface area contributed by atoms with Crippen molar-refractivity contribution in [2.45, 2.75) is 33.7 Å². The molecule has 7 heteroatoms. The van der Waals surface area contributed by atoms with Gasteiger partial charge in [0.25, 0.3) is 0 Å². The number of nitrogens with zero attached hydrogens (tertiary/aromatic N) is 5. The third-order valence-electron chi connectivity index (χ3n) is 3.18. The fourth-order valence-corrected chi connectivity index (χ4v) is 2.03. The van der Waals surface area contributed by atoms with Crippen LogP contribution in [0.15, 0.2) is 12.5 Å². The predicted octanol–water partition coefficient (Wildman–Crippen LogP) is 1.90. The summed E-state index contributed by atoms with van der Waals surface area (Å²) in [5.41, 5.74) is 1.70. The molecule has 114 valence electrons. The van der Waals surface area contributed by atoms with E-state index in [1.54, 1.807) is 24.1 Å². The highest BCUT2D eigenvalue weighted by Crippen LogP contribution is 2.23. The minimum absolute atomic E-state index is 0.240. The number of aryl methyl sites for hydroxylation is 2. The van der Waals surface area contributed by atoms with Gasteiger partial charge in [0.1, 0.15) is 5.69 Å². The van der Waals surface area contributed by atoms with E-state index in [4.69, 9.17) is 4.74 Å². The van der Waals surface area contributed by atoms with Gasteiger partial charge in [-0.15, -0.1) is 5.10 Å². The van der Waals surface area contributed by atoms with Gasteiger partial charge >= 0.3 is 5.97 Å². The lowest BCUT2D eigenvalue weighted by Crippen LogP contribution is -2.10. The third-order valence-corrected chi connectivity index (χ3v) is 3.18. The molecule has 0 saturated heterocycles. The van der Waals surface area contributed by atoms with Crippen molar-refractivity contribution in [3.05, 3.63) is 18.2 Å². The Morgan fingerprint density at radius 2 is 2.19 bits per heavy atom. The van der Waals surface area contributed by atoms with Crippen molar-refractivity contribution in [1.82, 2.24) is 24.5 Å². The molecule has 2 heterocycles. The fourth-order valence-electron chi connectivity index (χ4n) is 2.03. The smallest absolute Gasteiger partial charge is 0.361 e. The molecule has 0 aliphatic rings. The van der Waals surface area contributed by atoms with Gasteiger partial charge in [-0.25, -0.2) is 14.5 Å². The van der Waals surface area contributed by atoms with E-state index in [-0.39, 0.29) is 5.69 Å². The van der Waals surface area contributed by atoms with Crippen LogP contribution in [-0.2, 0) is 18.3 Å². The van der Waals surface area contributed by atoms with Gasteiger partial charge < -0.3 is 9.30 Å². The summed E-state index contributed by atoms with van der Waals surface area (Å²) in [5, 5.41) is 8.12. The lowest BCUT2D eigenvalue weighted by Gasteiger charge is -2.09. The Balaban J connectivity index is 2.43. The van der Waals surface area contributed by atoms with Crippen LogP contribution in [0.1, 0.15) is 37.7 Å². The number of aromatic nitrogens is 5. The number of esters is 1. The molecule has 0 N–H and O–H groups in total. The second-order valence-electron chi connectivity index (χ2n) is 5.30. The Kier molecular flexibility index (Phi) is 4.72.